The van der Waals surface area contributed by atoms with Crippen LogP contribution in [0.5, 0.6) is 0 Å². The summed E-state index contributed by atoms with van der Waals surface area (Å²) in [6.45, 7) is 1.85. The number of aliphatic hydroxyl groups is 1. The van der Waals surface area contributed by atoms with E-state index in [-0.39, 0.29) is 25.1 Å². The smallest absolute Gasteiger partial charge is 0.234 e. The van der Waals surface area contributed by atoms with E-state index in [2.05, 4.69) is 10.6 Å². The van der Waals surface area contributed by atoms with Gasteiger partial charge in [0.1, 0.15) is 0 Å². The maximum absolute atomic E-state index is 11.7. The molecule has 1 aromatic carbocycles. The van der Waals surface area contributed by atoms with Crippen molar-refractivity contribution >= 4 is 17.5 Å². The van der Waals surface area contributed by atoms with E-state index < -0.39 is 6.10 Å². The second-order valence-corrected chi connectivity index (χ2v) is 5.51. The first-order valence-electron chi connectivity index (χ1n) is 7.18. The summed E-state index contributed by atoms with van der Waals surface area (Å²) in [7, 11) is 0. The van der Waals surface area contributed by atoms with Crippen LogP contribution in [0.15, 0.2) is 24.3 Å². The molecule has 3 N–H and O–H groups in total. The molecule has 2 unspecified atom stereocenters. The molecule has 0 aromatic heterocycles. The van der Waals surface area contributed by atoms with Crippen molar-refractivity contribution in [3.63, 3.8) is 0 Å². The summed E-state index contributed by atoms with van der Waals surface area (Å²) in [5.41, 5.74) is 0.617. The quantitative estimate of drug-likeness (QED) is 0.709. The Morgan fingerprint density at radius 1 is 1.48 bits per heavy atom. The zero-order valence-corrected chi connectivity index (χ0v) is 12.6. The van der Waals surface area contributed by atoms with E-state index in [0.29, 0.717) is 17.1 Å². The van der Waals surface area contributed by atoms with E-state index in [1.54, 1.807) is 24.3 Å². The van der Waals surface area contributed by atoms with Gasteiger partial charge in [-0.05, 0) is 18.9 Å². The monoisotopic (exact) mass is 312 g/mol. The van der Waals surface area contributed by atoms with Crippen molar-refractivity contribution in [3.8, 4) is 0 Å². The third-order valence-electron chi connectivity index (χ3n) is 3.44. The summed E-state index contributed by atoms with van der Waals surface area (Å²) in [5, 5.41) is 16.2. The molecule has 1 fully saturated rings. The Hall–Kier alpha value is -1.14. The fourth-order valence-electron chi connectivity index (χ4n) is 2.28. The van der Waals surface area contributed by atoms with E-state index in [1.165, 1.54) is 0 Å². The summed E-state index contributed by atoms with van der Waals surface area (Å²) in [4.78, 5) is 11.7. The minimum atomic E-state index is -0.805. The maximum Gasteiger partial charge on any atom is 0.234 e. The van der Waals surface area contributed by atoms with Crippen molar-refractivity contribution < 1.29 is 14.6 Å². The minimum absolute atomic E-state index is 0.143. The number of halogens is 1. The predicted octanol–water partition coefficient (Wildman–Crippen LogP) is 1.26. The van der Waals surface area contributed by atoms with Crippen LogP contribution in [-0.2, 0) is 9.53 Å². The average molecular weight is 313 g/mol. The van der Waals surface area contributed by atoms with Gasteiger partial charge in [0, 0.05) is 30.3 Å². The van der Waals surface area contributed by atoms with Gasteiger partial charge < -0.3 is 20.5 Å². The molecule has 0 spiro atoms. The number of amides is 1. The summed E-state index contributed by atoms with van der Waals surface area (Å²) in [6.07, 6.45) is 1.54. The zero-order chi connectivity index (χ0) is 15.1. The summed E-state index contributed by atoms with van der Waals surface area (Å²) in [5.74, 6) is -0.154. The molecule has 116 valence electrons. The van der Waals surface area contributed by atoms with Crippen LogP contribution in [0.25, 0.3) is 0 Å². The van der Waals surface area contributed by atoms with Gasteiger partial charge in [-0.15, -0.1) is 0 Å². The molecule has 1 aromatic rings. The molecule has 0 saturated carbocycles. The van der Waals surface area contributed by atoms with Crippen LogP contribution in [0.4, 0.5) is 0 Å². The van der Waals surface area contributed by atoms with Crippen molar-refractivity contribution in [2.75, 3.05) is 26.2 Å². The molecule has 0 aliphatic carbocycles. The van der Waals surface area contributed by atoms with Crippen molar-refractivity contribution in [1.82, 2.24) is 10.6 Å². The minimum Gasteiger partial charge on any atom is -0.387 e. The molecule has 1 amide bonds. The second kappa shape index (κ2) is 8.34. The topological polar surface area (TPSA) is 70.6 Å². The highest BCUT2D eigenvalue weighted by Gasteiger charge is 2.16. The molecule has 0 radical (unpaired) electrons. The number of hydrogen-bond donors (Lipinski definition) is 3. The molecule has 2 rings (SSSR count). The lowest BCUT2D eigenvalue weighted by molar-refractivity contribution is -0.120. The van der Waals surface area contributed by atoms with E-state index in [1.807, 2.05) is 0 Å². The lowest BCUT2D eigenvalue weighted by Crippen LogP contribution is -2.38. The van der Waals surface area contributed by atoms with Gasteiger partial charge in [0.05, 0.1) is 18.8 Å². The van der Waals surface area contributed by atoms with Gasteiger partial charge in [-0.1, -0.05) is 29.8 Å². The van der Waals surface area contributed by atoms with Crippen LogP contribution >= 0.6 is 11.6 Å². The Bertz CT molecular complexity index is 464. The van der Waals surface area contributed by atoms with Crippen molar-refractivity contribution in [3.05, 3.63) is 34.9 Å². The van der Waals surface area contributed by atoms with Crippen molar-refractivity contribution in [2.45, 2.75) is 25.0 Å². The lowest BCUT2D eigenvalue weighted by Gasteiger charge is -2.14. The van der Waals surface area contributed by atoms with E-state index in [9.17, 15) is 9.90 Å². The first-order chi connectivity index (χ1) is 10.2. The summed E-state index contributed by atoms with van der Waals surface area (Å²) >= 11 is 5.99. The number of rotatable bonds is 7. The highest BCUT2D eigenvalue weighted by atomic mass is 35.5. The third-order valence-corrected chi connectivity index (χ3v) is 3.78. The highest BCUT2D eigenvalue weighted by Crippen LogP contribution is 2.21. The largest absolute Gasteiger partial charge is 0.387 e. The first-order valence-corrected chi connectivity index (χ1v) is 7.56. The molecule has 5 nitrogen and oxygen atoms in total. The molecule has 1 heterocycles. The fraction of sp³-hybridized carbons (Fsp3) is 0.533. The SMILES string of the molecule is O=C(CNCC1CCCO1)NCC(O)c1ccccc1Cl. The first kappa shape index (κ1) is 16.2. The van der Waals surface area contributed by atoms with Gasteiger partial charge in [0.25, 0.3) is 0 Å². The molecule has 0 bridgehead atoms. The molecule has 1 aliphatic rings. The Labute approximate surface area is 129 Å². The number of ether oxygens (including phenoxy) is 1. The standard InChI is InChI=1S/C15H21ClN2O3/c16-13-6-2-1-5-12(13)14(19)9-18-15(20)10-17-8-11-4-3-7-21-11/h1-2,5-6,11,14,17,19H,3-4,7-10H2,(H,18,20). The van der Waals surface area contributed by atoms with Crippen molar-refractivity contribution in [2.24, 2.45) is 0 Å². The number of carbonyl (C=O) groups excluding carboxylic acids is 1. The molecule has 21 heavy (non-hydrogen) atoms. The van der Waals surface area contributed by atoms with E-state index in [0.717, 1.165) is 19.4 Å². The molecular formula is C15H21ClN2O3. The van der Waals surface area contributed by atoms with Gasteiger partial charge in [-0.3, -0.25) is 4.79 Å². The Morgan fingerprint density at radius 3 is 3.00 bits per heavy atom. The molecule has 2 atom stereocenters. The van der Waals surface area contributed by atoms with Gasteiger partial charge in [-0.25, -0.2) is 0 Å². The predicted molar refractivity (Wildman–Crippen MR) is 81.3 cm³/mol. The fourth-order valence-corrected chi connectivity index (χ4v) is 2.54. The number of benzene rings is 1. The van der Waals surface area contributed by atoms with Crippen LogP contribution in [0.2, 0.25) is 5.02 Å². The van der Waals surface area contributed by atoms with Gasteiger partial charge in [0.15, 0.2) is 0 Å². The van der Waals surface area contributed by atoms with Crippen LogP contribution < -0.4 is 10.6 Å². The molecule has 1 saturated heterocycles. The molecular weight excluding hydrogens is 292 g/mol. The Balaban J connectivity index is 1.65. The van der Waals surface area contributed by atoms with Crippen LogP contribution in [-0.4, -0.2) is 43.4 Å². The van der Waals surface area contributed by atoms with E-state index >= 15 is 0 Å². The maximum atomic E-state index is 11.7. The second-order valence-electron chi connectivity index (χ2n) is 5.11. The van der Waals surface area contributed by atoms with Crippen LogP contribution in [0.1, 0.15) is 24.5 Å². The number of nitrogens with one attached hydrogen (secondary N) is 2. The highest BCUT2D eigenvalue weighted by molar-refractivity contribution is 6.31. The number of hydrogen-bond acceptors (Lipinski definition) is 4. The summed E-state index contributed by atoms with van der Waals surface area (Å²) < 4.78 is 5.46. The van der Waals surface area contributed by atoms with Crippen molar-refractivity contribution in [1.29, 1.82) is 0 Å². The lowest BCUT2D eigenvalue weighted by atomic mass is 10.1. The van der Waals surface area contributed by atoms with Gasteiger partial charge in [0.2, 0.25) is 5.91 Å². The normalized spacial score (nSPS) is 19.4. The number of aliphatic hydroxyl groups excluding tert-OH is 1. The average Bonchev–Trinajstić information content (AvgIpc) is 2.98. The van der Waals surface area contributed by atoms with E-state index in [4.69, 9.17) is 16.3 Å². The van der Waals surface area contributed by atoms with Gasteiger partial charge >= 0.3 is 0 Å². The van der Waals surface area contributed by atoms with Gasteiger partial charge in [-0.2, -0.15) is 0 Å². The zero-order valence-electron chi connectivity index (χ0n) is 11.8. The Kier molecular flexibility index (Phi) is 6.45. The Morgan fingerprint density at radius 2 is 2.29 bits per heavy atom. The van der Waals surface area contributed by atoms with Crippen LogP contribution in [0, 0.1) is 0 Å². The molecule has 1 aliphatic heterocycles. The molecule has 6 heteroatoms. The van der Waals surface area contributed by atoms with Crippen LogP contribution in [0.3, 0.4) is 0 Å². The third kappa shape index (κ3) is 5.28. The number of carbonyl (C=O) groups is 1. The summed E-state index contributed by atoms with van der Waals surface area (Å²) in [6, 6.07) is 7.06.